The summed E-state index contributed by atoms with van der Waals surface area (Å²) in [5, 5.41) is 16.6. The summed E-state index contributed by atoms with van der Waals surface area (Å²) < 4.78 is 11.8. The Morgan fingerprint density at radius 1 is 1.10 bits per heavy atom. The zero-order valence-electron chi connectivity index (χ0n) is 28.4. The van der Waals surface area contributed by atoms with Crippen molar-refractivity contribution >= 4 is 45.9 Å². The summed E-state index contributed by atoms with van der Waals surface area (Å²) in [7, 11) is 0. The number of carbonyl (C=O) groups excluding carboxylic acids is 1. The molecule has 4 aliphatic heterocycles. The summed E-state index contributed by atoms with van der Waals surface area (Å²) in [6.07, 6.45) is 8.74. The third-order valence-corrected chi connectivity index (χ3v) is 11.2. The number of carbonyl (C=O) groups is 1. The largest absolute Gasteiger partial charge is 0.461 e. The van der Waals surface area contributed by atoms with Gasteiger partial charge in [0, 0.05) is 55.0 Å². The summed E-state index contributed by atoms with van der Waals surface area (Å²) in [5.41, 5.74) is 3.93. The summed E-state index contributed by atoms with van der Waals surface area (Å²) in [4.78, 5) is 32.5. The quantitative estimate of drug-likeness (QED) is 0.210. The highest BCUT2D eigenvalue weighted by Gasteiger charge is 2.45. The Morgan fingerprint density at radius 3 is 2.70 bits per heavy atom. The molecule has 11 nitrogen and oxygen atoms in total. The van der Waals surface area contributed by atoms with Crippen LogP contribution >= 0.6 is 11.6 Å². The molecule has 3 saturated heterocycles. The van der Waals surface area contributed by atoms with E-state index in [-0.39, 0.29) is 23.9 Å². The predicted octanol–water partition coefficient (Wildman–Crippen LogP) is 5.79. The highest BCUT2D eigenvalue weighted by molar-refractivity contribution is 6.36. The molecule has 3 fully saturated rings. The molecule has 0 bridgehead atoms. The van der Waals surface area contributed by atoms with Crippen molar-refractivity contribution in [2.24, 2.45) is 0 Å². The predicted molar refractivity (Wildman–Crippen MR) is 192 cm³/mol. The highest BCUT2D eigenvalue weighted by atomic mass is 35.5. The monoisotopic (exact) mass is 692 g/mol. The number of aryl methyl sites for hydroxylation is 1. The van der Waals surface area contributed by atoms with E-state index in [0.717, 1.165) is 83.1 Å². The van der Waals surface area contributed by atoms with E-state index in [0.29, 0.717) is 44.6 Å². The van der Waals surface area contributed by atoms with Gasteiger partial charge in [0.1, 0.15) is 12.4 Å². The van der Waals surface area contributed by atoms with Crippen LogP contribution < -0.4 is 14.5 Å². The summed E-state index contributed by atoms with van der Waals surface area (Å²) in [5.74, 6) is 1.20. The molecule has 1 atom stereocenters. The highest BCUT2D eigenvalue weighted by Crippen LogP contribution is 2.40. The number of anilines is 2. The Morgan fingerprint density at radius 2 is 1.92 bits per heavy atom. The maximum Gasteiger partial charge on any atom is 0.318 e. The normalized spacial score (nSPS) is 20.3. The fourth-order valence-corrected chi connectivity index (χ4v) is 8.73. The van der Waals surface area contributed by atoms with Crippen molar-refractivity contribution in [1.82, 2.24) is 24.9 Å². The van der Waals surface area contributed by atoms with Crippen molar-refractivity contribution < 1.29 is 14.1 Å². The number of piperazine rings is 1. The van der Waals surface area contributed by atoms with Crippen LogP contribution in [0.2, 0.25) is 5.02 Å². The number of aromatic nitrogens is 3. The second kappa shape index (κ2) is 13.6. The van der Waals surface area contributed by atoms with Gasteiger partial charge in [-0.3, -0.25) is 9.69 Å². The molecule has 50 heavy (non-hydrogen) atoms. The number of halogens is 1. The van der Waals surface area contributed by atoms with Crippen molar-refractivity contribution in [3.05, 3.63) is 76.3 Å². The van der Waals surface area contributed by atoms with E-state index >= 15 is 0 Å². The number of nitrogens with zero attached hydrogens (tertiary/aromatic N) is 8. The first-order chi connectivity index (χ1) is 24.4. The van der Waals surface area contributed by atoms with Gasteiger partial charge in [0.2, 0.25) is 5.91 Å². The zero-order valence-corrected chi connectivity index (χ0v) is 29.1. The maximum absolute atomic E-state index is 13.4. The molecule has 4 aliphatic rings. The molecule has 0 aliphatic carbocycles. The van der Waals surface area contributed by atoms with E-state index in [1.807, 2.05) is 19.1 Å². The first-order valence-electron chi connectivity index (χ1n) is 17.6. The average Bonchev–Trinajstić information content (AvgIpc) is 3.85. The molecule has 4 aromatic rings. The second-order valence-corrected chi connectivity index (χ2v) is 14.4. The molecular formula is C38H41ClN8O3. The van der Waals surface area contributed by atoms with E-state index in [4.69, 9.17) is 30.8 Å². The number of ether oxygens (including phenoxy) is 1. The molecule has 12 heteroatoms. The topological polar surface area (TPSA) is 115 Å². The van der Waals surface area contributed by atoms with Crippen LogP contribution in [-0.4, -0.2) is 88.3 Å². The molecule has 0 saturated carbocycles. The molecule has 0 spiro atoms. The average molecular weight is 693 g/mol. The minimum absolute atomic E-state index is 0.0625. The van der Waals surface area contributed by atoms with Gasteiger partial charge in [-0.2, -0.15) is 15.2 Å². The van der Waals surface area contributed by atoms with Gasteiger partial charge < -0.3 is 24.0 Å². The SMILES string of the molecule is Cc1cc(/C=C/C(=O)N2CCN(c3nc(OCC45CCCN4CCC5)nc4c3CCN(c3cccc5cccc(Cl)c35)C4)C[C@@H]2CC#N)on1. The number of amides is 1. The number of hydrogen-bond acceptors (Lipinski definition) is 10. The lowest BCUT2D eigenvalue weighted by atomic mass is 9.95. The van der Waals surface area contributed by atoms with E-state index in [1.54, 1.807) is 17.0 Å². The molecule has 2 aromatic carbocycles. The summed E-state index contributed by atoms with van der Waals surface area (Å²) >= 11 is 6.76. The fraction of sp³-hybridized carbons (Fsp3) is 0.447. The lowest BCUT2D eigenvalue weighted by molar-refractivity contribution is -0.128. The Kier molecular flexibility index (Phi) is 8.83. The van der Waals surface area contributed by atoms with Crippen molar-refractivity contribution in [1.29, 1.82) is 5.26 Å². The van der Waals surface area contributed by atoms with Crippen LogP contribution in [-0.2, 0) is 17.8 Å². The van der Waals surface area contributed by atoms with Crippen LogP contribution in [0.15, 0.2) is 53.1 Å². The lowest BCUT2D eigenvalue weighted by Gasteiger charge is -2.42. The van der Waals surface area contributed by atoms with Crippen molar-refractivity contribution in [2.45, 2.75) is 63.6 Å². The van der Waals surface area contributed by atoms with E-state index in [2.05, 4.69) is 50.2 Å². The van der Waals surface area contributed by atoms with Gasteiger partial charge in [0.05, 0.1) is 47.0 Å². The smallest absolute Gasteiger partial charge is 0.318 e. The third-order valence-electron chi connectivity index (χ3n) is 10.9. The van der Waals surface area contributed by atoms with E-state index in [1.165, 1.54) is 18.9 Å². The molecule has 1 amide bonds. The Hall–Kier alpha value is -4.66. The number of rotatable bonds is 8. The van der Waals surface area contributed by atoms with Crippen molar-refractivity contribution in [2.75, 3.05) is 55.7 Å². The van der Waals surface area contributed by atoms with Gasteiger partial charge >= 0.3 is 6.01 Å². The molecule has 8 rings (SSSR count). The lowest BCUT2D eigenvalue weighted by Crippen LogP contribution is -2.55. The Balaban J connectivity index is 1.09. The number of hydrogen-bond donors (Lipinski definition) is 0. The maximum atomic E-state index is 13.4. The molecule has 6 heterocycles. The standard InChI is InChI=1S/C38H41ClN8O3/c1-26-22-29(50-43-26)10-11-34(48)47-21-20-45(23-28(47)12-16-40)36-30-13-19-44(33-9-3-7-27-6-2-8-31(39)35(27)33)24-32(30)41-37(42-36)49-25-38-14-4-17-46(38)18-5-15-38/h2-3,6-11,22,28H,4-5,12-15,17-21,23-25H2,1H3/b11-10+/t28-/m0/s1. The first-order valence-corrected chi connectivity index (χ1v) is 18.0. The molecule has 2 aromatic heterocycles. The summed E-state index contributed by atoms with van der Waals surface area (Å²) in [6, 6.07) is 16.5. The van der Waals surface area contributed by atoms with E-state index < -0.39 is 0 Å². The molecule has 0 N–H and O–H groups in total. The minimum atomic E-state index is -0.306. The second-order valence-electron chi connectivity index (χ2n) is 13.9. The van der Waals surface area contributed by atoms with Gasteiger partial charge in [-0.05, 0) is 75.7 Å². The zero-order chi connectivity index (χ0) is 34.2. The fourth-order valence-electron chi connectivity index (χ4n) is 8.45. The van der Waals surface area contributed by atoms with E-state index in [9.17, 15) is 10.1 Å². The van der Waals surface area contributed by atoms with Gasteiger partial charge in [-0.1, -0.05) is 41.0 Å². The molecule has 0 radical (unpaired) electrons. The summed E-state index contributed by atoms with van der Waals surface area (Å²) in [6.45, 7) is 7.54. The van der Waals surface area contributed by atoms with Crippen LogP contribution in [0.3, 0.4) is 0 Å². The molecule has 0 unspecified atom stereocenters. The van der Waals surface area contributed by atoms with Crippen LogP contribution in [0, 0.1) is 18.3 Å². The first kappa shape index (κ1) is 32.5. The third kappa shape index (κ3) is 6.16. The van der Waals surface area contributed by atoms with Crippen molar-refractivity contribution in [3.8, 4) is 12.1 Å². The van der Waals surface area contributed by atoms with Crippen LogP contribution in [0.25, 0.3) is 16.8 Å². The Bertz CT molecular complexity index is 1970. The molecular weight excluding hydrogens is 652 g/mol. The van der Waals surface area contributed by atoms with Gasteiger partial charge in [0.25, 0.3) is 0 Å². The van der Waals surface area contributed by atoms with Gasteiger partial charge in [-0.25, -0.2) is 0 Å². The van der Waals surface area contributed by atoms with Crippen LogP contribution in [0.1, 0.15) is 54.8 Å². The number of benzene rings is 2. The van der Waals surface area contributed by atoms with Gasteiger partial charge in [-0.15, -0.1) is 0 Å². The van der Waals surface area contributed by atoms with Crippen molar-refractivity contribution in [3.63, 3.8) is 0 Å². The Labute approximate surface area is 297 Å². The molecule has 258 valence electrons. The van der Waals surface area contributed by atoms with Crippen LogP contribution in [0.4, 0.5) is 11.5 Å². The minimum Gasteiger partial charge on any atom is -0.461 e. The van der Waals surface area contributed by atoms with Gasteiger partial charge in [0.15, 0.2) is 5.76 Å². The number of fused-ring (bicyclic) bond motifs is 3. The van der Waals surface area contributed by atoms with Crippen LogP contribution in [0.5, 0.6) is 6.01 Å². The number of nitriles is 1.